The molecule has 1 unspecified atom stereocenters. The molecule has 156 valence electrons. The van der Waals surface area contributed by atoms with E-state index >= 15 is 0 Å². The predicted molar refractivity (Wildman–Crippen MR) is 110 cm³/mol. The number of piperidine rings is 1. The average Bonchev–Trinajstić information content (AvgIpc) is 3.59. The van der Waals surface area contributed by atoms with Gasteiger partial charge in [-0.2, -0.15) is 4.99 Å². The Morgan fingerprint density at radius 2 is 1.87 bits per heavy atom. The van der Waals surface area contributed by atoms with Crippen LogP contribution in [0.5, 0.6) is 5.88 Å². The molecule has 1 aliphatic carbocycles. The van der Waals surface area contributed by atoms with Crippen molar-refractivity contribution in [2.24, 2.45) is 16.8 Å². The minimum atomic E-state index is -0.184. The minimum absolute atomic E-state index is 0.0974. The molecule has 5 rings (SSSR count). The Hall–Kier alpha value is -2.74. The number of hydrogen-bond acceptors (Lipinski definition) is 7. The molecule has 4 heterocycles. The molecule has 1 atom stereocenters. The van der Waals surface area contributed by atoms with Crippen molar-refractivity contribution >= 4 is 12.0 Å². The number of likely N-dealkylation sites (tertiary alicyclic amines) is 1. The van der Waals surface area contributed by atoms with E-state index in [4.69, 9.17) is 9.72 Å². The van der Waals surface area contributed by atoms with Gasteiger partial charge in [0, 0.05) is 11.1 Å². The number of carbonyl (C=O) groups excluding carboxylic acids is 1. The maximum absolute atomic E-state index is 12.9. The van der Waals surface area contributed by atoms with Crippen LogP contribution in [0, 0.1) is 18.8 Å². The molecule has 2 aliphatic heterocycles. The molecule has 2 fully saturated rings. The molecular formula is C22H26N6O2. The molecule has 0 bridgehead atoms. The zero-order chi connectivity index (χ0) is 20.8. The van der Waals surface area contributed by atoms with E-state index < -0.39 is 0 Å². The van der Waals surface area contributed by atoms with Crippen molar-refractivity contribution in [3.05, 3.63) is 28.4 Å². The Bertz CT molecular complexity index is 1120. The monoisotopic (exact) mass is 406 g/mol. The topological polar surface area (TPSA) is 93.5 Å². The Morgan fingerprint density at radius 3 is 2.57 bits per heavy atom. The molecule has 8 nitrogen and oxygen atoms in total. The van der Waals surface area contributed by atoms with Gasteiger partial charge >= 0.3 is 0 Å². The summed E-state index contributed by atoms with van der Waals surface area (Å²) in [6, 6.07) is 0. The molecule has 30 heavy (non-hydrogen) atoms. The van der Waals surface area contributed by atoms with Gasteiger partial charge < -0.3 is 9.64 Å². The van der Waals surface area contributed by atoms with Crippen LogP contribution in [0.15, 0.2) is 11.3 Å². The zero-order valence-corrected chi connectivity index (χ0v) is 17.6. The van der Waals surface area contributed by atoms with Gasteiger partial charge in [-0.1, -0.05) is 6.08 Å². The summed E-state index contributed by atoms with van der Waals surface area (Å²) < 4.78 is 5.49. The van der Waals surface area contributed by atoms with Crippen LogP contribution in [0.3, 0.4) is 0 Å². The summed E-state index contributed by atoms with van der Waals surface area (Å²) >= 11 is 0. The van der Waals surface area contributed by atoms with E-state index in [0.29, 0.717) is 34.6 Å². The molecule has 3 aliphatic rings. The van der Waals surface area contributed by atoms with Crippen molar-refractivity contribution in [1.82, 2.24) is 24.8 Å². The summed E-state index contributed by atoms with van der Waals surface area (Å²) in [6.45, 7) is 3.98. The van der Waals surface area contributed by atoms with Crippen LogP contribution < -0.4 is 15.4 Å². The molecule has 1 saturated heterocycles. The van der Waals surface area contributed by atoms with Gasteiger partial charge in [0.25, 0.3) is 5.91 Å². The number of aryl methyl sites for hydroxylation is 1. The van der Waals surface area contributed by atoms with Crippen LogP contribution in [0.1, 0.15) is 43.0 Å². The van der Waals surface area contributed by atoms with Gasteiger partial charge in [-0.3, -0.25) is 4.79 Å². The largest absolute Gasteiger partial charge is 0.480 e. The maximum atomic E-state index is 12.9. The highest BCUT2D eigenvalue weighted by atomic mass is 16.5. The first-order chi connectivity index (χ1) is 14.5. The van der Waals surface area contributed by atoms with Gasteiger partial charge in [0.1, 0.15) is 11.9 Å². The molecule has 8 heteroatoms. The number of ether oxygens (including phenoxy) is 1. The fourth-order valence-corrected chi connectivity index (χ4v) is 4.53. The number of nitrogens with zero attached hydrogens (tertiary/aromatic N) is 6. The highest BCUT2D eigenvalue weighted by Gasteiger charge is 2.33. The van der Waals surface area contributed by atoms with Crippen LogP contribution in [0.2, 0.25) is 0 Å². The lowest BCUT2D eigenvalue weighted by Crippen LogP contribution is -2.43. The summed E-state index contributed by atoms with van der Waals surface area (Å²) in [5.41, 5.74) is 2.89. The Kier molecular flexibility index (Phi) is 4.81. The third-order valence-corrected chi connectivity index (χ3v) is 6.46. The standard InChI is InChI=1S/C22H26N6O2/c1-12-15-10-16(13-6-8-28(2)9-7-13)21(29)27-19(15)26-20(25-12)17-18(14-4-5-14)23-11-24-22(17)30-3/h10-11,13-14,16H,4-9H2,1-3H3. The second-order valence-electron chi connectivity index (χ2n) is 8.57. The average molecular weight is 406 g/mol. The van der Waals surface area contributed by atoms with Gasteiger partial charge in [0.2, 0.25) is 5.88 Å². The van der Waals surface area contributed by atoms with Crippen molar-refractivity contribution < 1.29 is 9.53 Å². The van der Waals surface area contributed by atoms with E-state index in [2.05, 4.69) is 31.9 Å². The SMILES string of the molecule is COc1ncnc(C2CC2)c1-c1nc(C)c2c(n1)=NC(=O)C(C1CCN(C)CC1)C=2. The molecule has 1 amide bonds. The normalized spacial score (nSPS) is 22.2. The van der Waals surface area contributed by atoms with E-state index in [-0.39, 0.29) is 11.8 Å². The third kappa shape index (κ3) is 3.39. The number of methoxy groups -OCH3 is 1. The van der Waals surface area contributed by atoms with Crippen LogP contribution in [-0.4, -0.2) is 58.0 Å². The first-order valence-electron chi connectivity index (χ1n) is 10.6. The fourth-order valence-electron chi connectivity index (χ4n) is 4.53. The Balaban J connectivity index is 1.59. The van der Waals surface area contributed by atoms with E-state index in [1.54, 1.807) is 7.11 Å². The summed E-state index contributed by atoms with van der Waals surface area (Å²) in [6.07, 6.45) is 7.76. The van der Waals surface area contributed by atoms with E-state index in [1.165, 1.54) is 6.33 Å². The van der Waals surface area contributed by atoms with Gasteiger partial charge in [-0.15, -0.1) is 0 Å². The maximum Gasteiger partial charge on any atom is 0.254 e. The quantitative estimate of drug-likeness (QED) is 0.748. The number of rotatable bonds is 4. The van der Waals surface area contributed by atoms with Crippen molar-refractivity contribution in [2.75, 3.05) is 27.2 Å². The van der Waals surface area contributed by atoms with Gasteiger partial charge in [-0.25, -0.2) is 19.9 Å². The Morgan fingerprint density at radius 1 is 1.10 bits per heavy atom. The van der Waals surface area contributed by atoms with Crippen LogP contribution in [0.4, 0.5) is 0 Å². The molecule has 0 spiro atoms. The first-order valence-corrected chi connectivity index (χ1v) is 10.6. The van der Waals surface area contributed by atoms with Gasteiger partial charge in [0.15, 0.2) is 11.3 Å². The lowest BCUT2D eigenvalue weighted by molar-refractivity contribution is -0.122. The van der Waals surface area contributed by atoms with Crippen LogP contribution in [-0.2, 0) is 4.79 Å². The number of amides is 1. The molecule has 0 radical (unpaired) electrons. The molecule has 0 N–H and O–H groups in total. The molecule has 1 saturated carbocycles. The van der Waals surface area contributed by atoms with E-state index in [9.17, 15) is 4.79 Å². The second kappa shape index (κ2) is 7.50. The third-order valence-electron chi connectivity index (χ3n) is 6.46. The number of aromatic nitrogens is 4. The Labute approximate surface area is 175 Å². The zero-order valence-electron chi connectivity index (χ0n) is 17.6. The van der Waals surface area contributed by atoms with E-state index in [0.717, 1.165) is 55.4 Å². The van der Waals surface area contributed by atoms with Crippen molar-refractivity contribution in [1.29, 1.82) is 0 Å². The molecule has 0 aromatic carbocycles. The summed E-state index contributed by atoms with van der Waals surface area (Å²) in [4.78, 5) is 37.8. The molecule has 2 aromatic heterocycles. The fraction of sp³-hybridized carbons (Fsp3) is 0.545. The van der Waals surface area contributed by atoms with Crippen LogP contribution in [0.25, 0.3) is 17.5 Å². The number of fused-ring (bicyclic) bond motifs is 1. The predicted octanol–water partition coefficient (Wildman–Crippen LogP) is 1.03. The number of carbonyl (C=O) groups is 1. The second-order valence-corrected chi connectivity index (χ2v) is 8.57. The van der Waals surface area contributed by atoms with E-state index in [1.807, 2.05) is 13.0 Å². The first kappa shape index (κ1) is 19.2. The highest BCUT2D eigenvalue weighted by Crippen LogP contribution is 2.44. The summed E-state index contributed by atoms with van der Waals surface area (Å²) in [5.74, 6) is 1.37. The smallest absolute Gasteiger partial charge is 0.254 e. The van der Waals surface area contributed by atoms with Gasteiger partial charge in [-0.05, 0) is 58.7 Å². The lowest BCUT2D eigenvalue weighted by Gasteiger charge is -2.32. The van der Waals surface area contributed by atoms with Crippen LogP contribution >= 0.6 is 0 Å². The number of hydrogen-bond donors (Lipinski definition) is 0. The minimum Gasteiger partial charge on any atom is -0.480 e. The van der Waals surface area contributed by atoms with Crippen molar-refractivity contribution in [3.8, 4) is 17.3 Å². The van der Waals surface area contributed by atoms with Gasteiger partial charge in [0.05, 0.1) is 24.4 Å². The highest BCUT2D eigenvalue weighted by molar-refractivity contribution is 5.86. The van der Waals surface area contributed by atoms with Crippen molar-refractivity contribution in [3.63, 3.8) is 0 Å². The molecule has 2 aromatic rings. The van der Waals surface area contributed by atoms with Crippen molar-refractivity contribution in [2.45, 2.75) is 38.5 Å². The summed E-state index contributed by atoms with van der Waals surface area (Å²) in [5, 5.41) is 0.867. The molecular weight excluding hydrogens is 380 g/mol. The lowest BCUT2D eigenvalue weighted by atomic mass is 9.82. The summed E-state index contributed by atoms with van der Waals surface area (Å²) in [7, 11) is 3.71.